The van der Waals surface area contributed by atoms with E-state index in [0.717, 1.165) is 5.56 Å². The molecule has 1 aliphatic rings. The number of fused-ring (bicyclic) bond motifs is 1. The number of ether oxygens (including phenoxy) is 2. The zero-order valence-corrected chi connectivity index (χ0v) is 13.0. The van der Waals surface area contributed by atoms with E-state index in [-0.39, 0.29) is 35.9 Å². The summed E-state index contributed by atoms with van der Waals surface area (Å²) in [5, 5.41) is 2.71. The van der Waals surface area contributed by atoms with Crippen LogP contribution in [0.4, 0.5) is 13.2 Å². The maximum atomic E-state index is 12.3. The van der Waals surface area contributed by atoms with Crippen LogP contribution in [0.3, 0.4) is 0 Å². The third kappa shape index (κ3) is 4.14. The highest BCUT2D eigenvalue weighted by Crippen LogP contribution is 2.36. The quantitative estimate of drug-likeness (QED) is 0.844. The first kappa shape index (κ1) is 16.5. The highest BCUT2D eigenvalue weighted by Gasteiger charge is 2.29. The number of hydrogen-bond donors (Lipinski definition) is 1. The van der Waals surface area contributed by atoms with Gasteiger partial charge in [-0.05, 0) is 53.7 Å². The molecule has 0 fully saturated rings. The molecule has 2 aromatic carbocycles. The van der Waals surface area contributed by atoms with Gasteiger partial charge in [0, 0.05) is 17.0 Å². The van der Waals surface area contributed by atoms with E-state index in [1.54, 1.807) is 18.2 Å². The van der Waals surface area contributed by atoms with Gasteiger partial charge in [-0.1, -0.05) is 6.07 Å². The zero-order valence-electron chi connectivity index (χ0n) is 12.2. The van der Waals surface area contributed by atoms with E-state index >= 15 is 0 Å². The molecule has 0 aromatic heterocycles. The Bertz CT molecular complexity index is 747. The Morgan fingerprint density at radius 1 is 1.08 bits per heavy atom. The summed E-state index contributed by atoms with van der Waals surface area (Å²) in [6, 6.07) is 10.6. The van der Waals surface area contributed by atoms with Gasteiger partial charge in [-0.15, -0.1) is 0 Å². The first-order valence-corrected chi connectivity index (χ1v) is 7.75. The van der Waals surface area contributed by atoms with Gasteiger partial charge in [0.05, 0.1) is 0 Å². The standard InChI is InChI=1S/C16H12F3NO3S/c17-16(18,19)24-12-4-2-11(3-5-12)15(21)20-8-10-1-6-13-14(7-10)23-9-22-13/h1-7H,8-9H2,(H,20,21). The average Bonchev–Trinajstić information content (AvgIpc) is 2.99. The number of nitrogens with one attached hydrogen (secondary N) is 1. The third-order valence-electron chi connectivity index (χ3n) is 3.24. The zero-order chi connectivity index (χ0) is 17.2. The first-order chi connectivity index (χ1) is 11.4. The molecule has 4 nitrogen and oxygen atoms in total. The predicted octanol–water partition coefficient (Wildman–Crippen LogP) is 3.96. The number of halogens is 3. The van der Waals surface area contributed by atoms with E-state index in [2.05, 4.69) is 5.32 Å². The van der Waals surface area contributed by atoms with E-state index in [4.69, 9.17) is 9.47 Å². The average molecular weight is 355 g/mol. The Balaban J connectivity index is 1.59. The normalized spacial score (nSPS) is 13.0. The van der Waals surface area contributed by atoms with Crippen LogP contribution < -0.4 is 14.8 Å². The van der Waals surface area contributed by atoms with Crippen LogP contribution in [-0.4, -0.2) is 18.2 Å². The smallest absolute Gasteiger partial charge is 0.446 e. The van der Waals surface area contributed by atoms with Crippen LogP contribution >= 0.6 is 11.8 Å². The summed E-state index contributed by atoms with van der Waals surface area (Å²) in [6.07, 6.45) is 0. The molecule has 0 bridgehead atoms. The molecule has 24 heavy (non-hydrogen) atoms. The molecular formula is C16H12F3NO3S. The first-order valence-electron chi connectivity index (χ1n) is 6.93. The van der Waals surface area contributed by atoms with Crippen molar-refractivity contribution >= 4 is 17.7 Å². The SMILES string of the molecule is O=C(NCc1ccc2c(c1)OCO2)c1ccc(SC(F)(F)F)cc1. The number of carbonyl (C=O) groups excluding carboxylic acids is 1. The number of thioether (sulfide) groups is 1. The molecule has 0 atom stereocenters. The maximum Gasteiger partial charge on any atom is 0.446 e. The molecular weight excluding hydrogens is 343 g/mol. The Hall–Kier alpha value is -2.35. The van der Waals surface area contributed by atoms with Gasteiger partial charge in [-0.3, -0.25) is 4.79 Å². The minimum atomic E-state index is -4.34. The summed E-state index contributed by atoms with van der Waals surface area (Å²) >= 11 is -0.215. The largest absolute Gasteiger partial charge is 0.454 e. The molecule has 0 radical (unpaired) electrons. The predicted molar refractivity (Wildman–Crippen MR) is 82.1 cm³/mol. The fourth-order valence-electron chi connectivity index (χ4n) is 2.14. The second-order valence-corrected chi connectivity index (χ2v) is 6.08. The monoisotopic (exact) mass is 355 g/mol. The molecule has 1 heterocycles. The summed E-state index contributed by atoms with van der Waals surface area (Å²) in [7, 11) is 0. The molecule has 1 aliphatic heterocycles. The molecule has 3 rings (SSSR count). The molecule has 0 unspecified atom stereocenters. The van der Waals surface area contributed by atoms with Crippen molar-refractivity contribution in [3.8, 4) is 11.5 Å². The van der Waals surface area contributed by atoms with Crippen molar-refractivity contribution < 1.29 is 27.4 Å². The Kier molecular flexibility index (Phi) is 4.57. The number of benzene rings is 2. The van der Waals surface area contributed by atoms with E-state index in [1.165, 1.54) is 24.3 Å². The topological polar surface area (TPSA) is 47.6 Å². The van der Waals surface area contributed by atoms with Crippen molar-refractivity contribution in [2.45, 2.75) is 16.9 Å². The molecule has 0 saturated carbocycles. The Labute approximate surface area is 140 Å². The van der Waals surface area contributed by atoms with E-state index < -0.39 is 5.51 Å². The van der Waals surface area contributed by atoms with Crippen molar-refractivity contribution in [1.82, 2.24) is 5.32 Å². The van der Waals surface area contributed by atoms with E-state index in [9.17, 15) is 18.0 Å². The van der Waals surface area contributed by atoms with E-state index in [1.807, 2.05) is 0 Å². The Morgan fingerprint density at radius 3 is 2.50 bits per heavy atom. The fourth-order valence-corrected chi connectivity index (χ4v) is 2.68. The van der Waals surface area contributed by atoms with Gasteiger partial charge in [0.25, 0.3) is 5.91 Å². The highest BCUT2D eigenvalue weighted by atomic mass is 32.2. The van der Waals surface area contributed by atoms with Crippen molar-refractivity contribution in [2.75, 3.05) is 6.79 Å². The lowest BCUT2D eigenvalue weighted by Gasteiger charge is -2.08. The van der Waals surface area contributed by atoms with Crippen LogP contribution in [0.1, 0.15) is 15.9 Å². The Morgan fingerprint density at radius 2 is 1.79 bits per heavy atom. The summed E-state index contributed by atoms with van der Waals surface area (Å²) < 4.78 is 47.3. The minimum Gasteiger partial charge on any atom is -0.454 e. The van der Waals surface area contributed by atoms with Crippen LogP contribution in [0.15, 0.2) is 47.4 Å². The molecule has 126 valence electrons. The molecule has 2 aromatic rings. The van der Waals surface area contributed by atoms with Crippen LogP contribution in [-0.2, 0) is 6.54 Å². The third-order valence-corrected chi connectivity index (χ3v) is 3.98. The minimum absolute atomic E-state index is 0.0369. The number of amides is 1. The van der Waals surface area contributed by atoms with Gasteiger partial charge in [-0.2, -0.15) is 13.2 Å². The van der Waals surface area contributed by atoms with Gasteiger partial charge < -0.3 is 14.8 Å². The van der Waals surface area contributed by atoms with Crippen LogP contribution in [0.25, 0.3) is 0 Å². The van der Waals surface area contributed by atoms with Crippen molar-refractivity contribution in [1.29, 1.82) is 0 Å². The summed E-state index contributed by atoms with van der Waals surface area (Å²) in [5.41, 5.74) is -3.22. The second-order valence-electron chi connectivity index (χ2n) is 4.94. The molecule has 0 spiro atoms. The van der Waals surface area contributed by atoms with Crippen molar-refractivity contribution in [2.24, 2.45) is 0 Å². The van der Waals surface area contributed by atoms with Crippen LogP contribution in [0.2, 0.25) is 0 Å². The lowest BCUT2D eigenvalue weighted by Crippen LogP contribution is -2.22. The molecule has 0 aliphatic carbocycles. The number of alkyl halides is 3. The molecule has 1 amide bonds. The summed E-state index contributed by atoms with van der Waals surface area (Å²) in [6.45, 7) is 0.446. The number of rotatable bonds is 4. The van der Waals surface area contributed by atoms with Crippen molar-refractivity contribution in [3.63, 3.8) is 0 Å². The molecule has 1 N–H and O–H groups in total. The summed E-state index contributed by atoms with van der Waals surface area (Å²) in [4.78, 5) is 12.1. The lowest BCUT2D eigenvalue weighted by molar-refractivity contribution is -0.0328. The van der Waals surface area contributed by atoms with Gasteiger partial charge >= 0.3 is 5.51 Å². The van der Waals surface area contributed by atoms with Gasteiger partial charge in [-0.25, -0.2) is 0 Å². The lowest BCUT2D eigenvalue weighted by atomic mass is 10.2. The molecule has 0 saturated heterocycles. The summed E-state index contributed by atoms with van der Waals surface area (Å²) in [5.74, 6) is 0.911. The van der Waals surface area contributed by atoms with Gasteiger partial charge in [0.15, 0.2) is 11.5 Å². The van der Waals surface area contributed by atoms with Crippen molar-refractivity contribution in [3.05, 3.63) is 53.6 Å². The van der Waals surface area contributed by atoms with E-state index in [0.29, 0.717) is 17.1 Å². The second kappa shape index (κ2) is 6.64. The number of hydrogen-bond acceptors (Lipinski definition) is 4. The van der Waals surface area contributed by atoms with Crippen LogP contribution in [0, 0.1) is 0 Å². The number of carbonyl (C=O) groups is 1. The van der Waals surface area contributed by atoms with Crippen LogP contribution in [0.5, 0.6) is 11.5 Å². The molecule has 8 heteroatoms. The maximum absolute atomic E-state index is 12.3. The highest BCUT2D eigenvalue weighted by molar-refractivity contribution is 8.00. The van der Waals surface area contributed by atoms with Gasteiger partial charge in [0.2, 0.25) is 6.79 Å². The fraction of sp³-hybridized carbons (Fsp3) is 0.188. The van der Waals surface area contributed by atoms with Gasteiger partial charge in [0.1, 0.15) is 0 Å².